The third-order valence-corrected chi connectivity index (χ3v) is 2.20. The van der Waals surface area contributed by atoms with Gasteiger partial charge in [0.2, 0.25) is 0 Å². The van der Waals surface area contributed by atoms with E-state index in [1.807, 2.05) is 0 Å². The van der Waals surface area contributed by atoms with E-state index in [0.717, 1.165) is 0 Å². The van der Waals surface area contributed by atoms with Gasteiger partial charge in [-0.1, -0.05) is 0 Å². The SMILES string of the molecule is CC(O)CC(N)(C(C)O)C(C)O. The second-order valence-corrected chi connectivity index (χ2v) is 3.52. The monoisotopic (exact) mass is 177 g/mol. The summed E-state index contributed by atoms with van der Waals surface area (Å²) in [5.74, 6) is 0. The summed E-state index contributed by atoms with van der Waals surface area (Å²) < 4.78 is 0. The van der Waals surface area contributed by atoms with Crippen molar-refractivity contribution in [3.05, 3.63) is 0 Å². The summed E-state index contributed by atoms with van der Waals surface area (Å²) in [6, 6.07) is 0. The van der Waals surface area contributed by atoms with Gasteiger partial charge in [-0.05, 0) is 27.2 Å². The van der Waals surface area contributed by atoms with Gasteiger partial charge in [-0.3, -0.25) is 0 Å². The van der Waals surface area contributed by atoms with E-state index >= 15 is 0 Å². The summed E-state index contributed by atoms with van der Waals surface area (Å²) in [5, 5.41) is 27.7. The largest absolute Gasteiger partial charge is 0.393 e. The molecule has 0 aliphatic carbocycles. The zero-order chi connectivity index (χ0) is 9.94. The molecular formula is C8H19NO3. The molecule has 0 saturated heterocycles. The number of hydrogen-bond acceptors (Lipinski definition) is 4. The molecule has 12 heavy (non-hydrogen) atoms. The fourth-order valence-corrected chi connectivity index (χ4v) is 1.20. The van der Waals surface area contributed by atoms with E-state index in [4.69, 9.17) is 10.8 Å². The normalized spacial score (nSPS) is 24.2. The van der Waals surface area contributed by atoms with Gasteiger partial charge in [-0.2, -0.15) is 0 Å². The van der Waals surface area contributed by atoms with Crippen LogP contribution in [0.3, 0.4) is 0 Å². The quantitative estimate of drug-likeness (QED) is 0.453. The maximum absolute atomic E-state index is 9.29. The molecule has 0 spiro atoms. The molecule has 4 heteroatoms. The lowest BCUT2D eigenvalue weighted by Gasteiger charge is -2.36. The molecule has 0 bridgehead atoms. The third-order valence-electron chi connectivity index (χ3n) is 2.20. The fourth-order valence-electron chi connectivity index (χ4n) is 1.20. The number of hydrogen-bond donors (Lipinski definition) is 4. The molecule has 3 unspecified atom stereocenters. The van der Waals surface area contributed by atoms with Crippen molar-refractivity contribution in [2.75, 3.05) is 0 Å². The van der Waals surface area contributed by atoms with Gasteiger partial charge >= 0.3 is 0 Å². The molecule has 74 valence electrons. The molecule has 0 aromatic heterocycles. The third kappa shape index (κ3) is 2.71. The van der Waals surface area contributed by atoms with Crippen LogP contribution in [0.4, 0.5) is 0 Å². The smallest absolute Gasteiger partial charge is 0.0717 e. The average Bonchev–Trinajstić information content (AvgIpc) is 1.84. The van der Waals surface area contributed by atoms with E-state index in [0.29, 0.717) is 0 Å². The Balaban J connectivity index is 4.40. The topological polar surface area (TPSA) is 86.7 Å². The molecule has 0 rings (SSSR count). The Morgan fingerprint density at radius 2 is 1.42 bits per heavy atom. The van der Waals surface area contributed by atoms with Gasteiger partial charge in [-0.15, -0.1) is 0 Å². The summed E-state index contributed by atoms with van der Waals surface area (Å²) in [4.78, 5) is 0. The Labute approximate surface area is 73.0 Å². The van der Waals surface area contributed by atoms with Crippen LogP contribution < -0.4 is 5.73 Å². The Morgan fingerprint density at radius 1 is 1.08 bits per heavy atom. The van der Waals surface area contributed by atoms with Crippen LogP contribution in [0, 0.1) is 0 Å². The zero-order valence-electron chi connectivity index (χ0n) is 7.86. The highest BCUT2D eigenvalue weighted by atomic mass is 16.3. The van der Waals surface area contributed by atoms with Crippen LogP contribution in [0.25, 0.3) is 0 Å². The minimum absolute atomic E-state index is 0.183. The van der Waals surface area contributed by atoms with E-state index < -0.39 is 23.9 Å². The molecule has 0 fully saturated rings. The summed E-state index contributed by atoms with van der Waals surface area (Å²) in [6.45, 7) is 4.59. The van der Waals surface area contributed by atoms with Crippen molar-refractivity contribution < 1.29 is 15.3 Å². The molecule has 3 atom stereocenters. The molecule has 5 N–H and O–H groups in total. The van der Waals surface area contributed by atoms with Crippen molar-refractivity contribution in [1.82, 2.24) is 0 Å². The molecule has 0 saturated carbocycles. The maximum atomic E-state index is 9.29. The minimum atomic E-state index is -1.12. The van der Waals surface area contributed by atoms with E-state index in [9.17, 15) is 10.2 Å². The molecule has 0 radical (unpaired) electrons. The Hall–Kier alpha value is -0.160. The summed E-state index contributed by atoms with van der Waals surface area (Å²) in [5.41, 5.74) is 4.61. The highest BCUT2D eigenvalue weighted by Crippen LogP contribution is 2.19. The lowest BCUT2D eigenvalue weighted by atomic mass is 9.84. The van der Waals surface area contributed by atoms with Gasteiger partial charge < -0.3 is 21.1 Å². The van der Waals surface area contributed by atoms with Gasteiger partial charge in [0.25, 0.3) is 0 Å². The van der Waals surface area contributed by atoms with Crippen LogP contribution in [0.2, 0.25) is 0 Å². The predicted molar refractivity (Wildman–Crippen MR) is 46.6 cm³/mol. The zero-order valence-corrected chi connectivity index (χ0v) is 7.86. The van der Waals surface area contributed by atoms with Gasteiger partial charge in [0.05, 0.1) is 23.9 Å². The second-order valence-electron chi connectivity index (χ2n) is 3.52. The highest BCUT2D eigenvalue weighted by molar-refractivity contribution is 4.95. The van der Waals surface area contributed by atoms with Crippen LogP contribution >= 0.6 is 0 Å². The van der Waals surface area contributed by atoms with Crippen molar-refractivity contribution in [2.45, 2.75) is 51.0 Å². The Morgan fingerprint density at radius 3 is 1.50 bits per heavy atom. The molecule has 0 aromatic rings. The molecular weight excluding hydrogens is 158 g/mol. The molecule has 0 amide bonds. The molecule has 0 aliphatic rings. The van der Waals surface area contributed by atoms with Gasteiger partial charge in [0.1, 0.15) is 0 Å². The van der Waals surface area contributed by atoms with Gasteiger partial charge in [0.15, 0.2) is 0 Å². The number of nitrogens with two attached hydrogens (primary N) is 1. The summed E-state index contributed by atoms with van der Waals surface area (Å²) >= 11 is 0. The van der Waals surface area contributed by atoms with E-state index in [-0.39, 0.29) is 6.42 Å². The summed E-state index contributed by atoms with van der Waals surface area (Å²) in [6.07, 6.45) is -2.12. The van der Waals surface area contributed by atoms with Crippen LogP contribution in [-0.2, 0) is 0 Å². The minimum Gasteiger partial charge on any atom is -0.393 e. The van der Waals surface area contributed by atoms with E-state index in [2.05, 4.69) is 0 Å². The first-order valence-corrected chi connectivity index (χ1v) is 4.13. The first-order valence-electron chi connectivity index (χ1n) is 4.13. The molecule has 0 aliphatic heterocycles. The standard InChI is InChI=1S/C8H19NO3/c1-5(10)4-8(9,6(2)11)7(3)12/h5-7,10-12H,4,9H2,1-3H3. The van der Waals surface area contributed by atoms with Crippen LogP contribution in [-0.4, -0.2) is 39.2 Å². The summed E-state index contributed by atoms with van der Waals surface area (Å²) in [7, 11) is 0. The highest BCUT2D eigenvalue weighted by Gasteiger charge is 2.36. The van der Waals surface area contributed by atoms with Crippen LogP contribution in [0.1, 0.15) is 27.2 Å². The number of aliphatic hydroxyl groups is 3. The lowest BCUT2D eigenvalue weighted by molar-refractivity contribution is -0.0185. The fraction of sp³-hybridized carbons (Fsp3) is 1.00. The molecule has 4 nitrogen and oxygen atoms in total. The lowest BCUT2D eigenvalue weighted by Crippen LogP contribution is -2.58. The van der Waals surface area contributed by atoms with Crippen LogP contribution in [0.15, 0.2) is 0 Å². The molecule has 0 aromatic carbocycles. The number of rotatable bonds is 4. The Bertz CT molecular complexity index is 126. The van der Waals surface area contributed by atoms with E-state index in [1.54, 1.807) is 6.92 Å². The first-order chi connectivity index (χ1) is 5.30. The molecule has 0 heterocycles. The Kier molecular flexibility index (Phi) is 4.13. The van der Waals surface area contributed by atoms with Gasteiger partial charge in [-0.25, -0.2) is 0 Å². The van der Waals surface area contributed by atoms with Crippen LogP contribution in [0.5, 0.6) is 0 Å². The van der Waals surface area contributed by atoms with Crippen molar-refractivity contribution in [1.29, 1.82) is 0 Å². The second kappa shape index (κ2) is 4.18. The van der Waals surface area contributed by atoms with Crippen molar-refractivity contribution in [2.24, 2.45) is 5.73 Å². The van der Waals surface area contributed by atoms with Crippen molar-refractivity contribution in [3.8, 4) is 0 Å². The first kappa shape index (κ1) is 11.8. The van der Waals surface area contributed by atoms with Crippen molar-refractivity contribution in [3.63, 3.8) is 0 Å². The maximum Gasteiger partial charge on any atom is 0.0717 e. The number of aliphatic hydroxyl groups excluding tert-OH is 3. The van der Waals surface area contributed by atoms with E-state index in [1.165, 1.54) is 13.8 Å². The predicted octanol–water partition coefficient (Wildman–Crippen LogP) is -0.784. The van der Waals surface area contributed by atoms with Gasteiger partial charge in [0, 0.05) is 0 Å². The average molecular weight is 177 g/mol. The van der Waals surface area contributed by atoms with Crippen molar-refractivity contribution >= 4 is 0 Å².